The molecule has 3 aromatic rings. The maximum Gasteiger partial charge on any atom is 0.264 e. The van der Waals surface area contributed by atoms with Crippen LogP contribution in [-0.4, -0.2) is 28.0 Å². The molecule has 1 aromatic carbocycles. The highest BCUT2D eigenvalue weighted by Crippen LogP contribution is 2.15. The van der Waals surface area contributed by atoms with Crippen LogP contribution in [-0.2, 0) is 16.4 Å². The van der Waals surface area contributed by atoms with Crippen molar-refractivity contribution in [3.05, 3.63) is 48.3 Å². The maximum absolute atomic E-state index is 12.3. The van der Waals surface area contributed by atoms with E-state index in [2.05, 4.69) is 26.7 Å². The molecule has 0 atom stereocenters. The summed E-state index contributed by atoms with van der Waals surface area (Å²) in [7, 11) is -3.71. The summed E-state index contributed by atoms with van der Waals surface area (Å²) in [6.45, 7) is 2.08. The van der Waals surface area contributed by atoms with Crippen molar-refractivity contribution >= 4 is 21.7 Å². The fourth-order valence-corrected chi connectivity index (χ4v) is 3.02. The molecule has 22 heavy (non-hydrogen) atoms. The molecule has 0 amide bonds. The van der Waals surface area contributed by atoms with E-state index in [0.717, 1.165) is 18.4 Å². The lowest BCUT2D eigenvalue weighted by atomic mass is 10.1. The summed E-state index contributed by atoms with van der Waals surface area (Å²) in [6, 6.07) is 8.49. The number of rotatable bonds is 5. The molecule has 2 aromatic heterocycles. The predicted molar refractivity (Wildman–Crippen MR) is 82.0 cm³/mol. The molecule has 0 aliphatic heterocycles. The second-order valence-corrected chi connectivity index (χ2v) is 6.48. The first-order valence-electron chi connectivity index (χ1n) is 6.87. The molecule has 0 fully saturated rings. The highest BCUT2D eigenvalue weighted by molar-refractivity contribution is 7.92. The van der Waals surface area contributed by atoms with E-state index in [0.29, 0.717) is 5.78 Å². The van der Waals surface area contributed by atoms with Gasteiger partial charge in [-0.05, 0) is 30.2 Å². The average Bonchev–Trinajstić information content (AvgIpc) is 2.89. The van der Waals surface area contributed by atoms with Crippen molar-refractivity contribution in [1.29, 1.82) is 0 Å². The molecule has 0 saturated heterocycles. The molecule has 7 nitrogen and oxygen atoms in total. The molecule has 0 aliphatic carbocycles. The van der Waals surface area contributed by atoms with Gasteiger partial charge in [0.05, 0.1) is 4.90 Å². The summed E-state index contributed by atoms with van der Waals surface area (Å²) >= 11 is 0. The van der Waals surface area contributed by atoms with Crippen LogP contribution >= 0.6 is 0 Å². The lowest BCUT2D eigenvalue weighted by Crippen LogP contribution is -2.14. The van der Waals surface area contributed by atoms with Gasteiger partial charge in [-0.1, -0.05) is 25.5 Å². The van der Waals surface area contributed by atoms with E-state index in [9.17, 15) is 8.42 Å². The first-order chi connectivity index (χ1) is 10.6. The summed E-state index contributed by atoms with van der Waals surface area (Å²) in [5.41, 5.74) is 1.11. The fourth-order valence-electron chi connectivity index (χ4n) is 2.08. The minimum absolute atomic E-state index is 0.00339. The van der Waals surface area contributed by atoms with Gasteiger partial charge >= 0.3 is 0 Å². The van der Waals surface area contributed by atoms with Crippen molar-refractivity contribution in [2.75, 3.05) is 4.72 Å². The third kappa shape index (κ3) is 2.91. The fraction of sp³-hybridized carbons (Fsp3) is 0.214. The number of benzene rings is 1. The van der Waals surface area contributed by atoms with Crippen LogP contribution in [0.1, 0.15) is 18.9 Å². The van der Waals surface area contributed by atoms with E-state index in [1.807, 2.05) is 12.1 Å². The number of fused-ring (bicyclic) bond motifs is 1. The van der Waals surface area contributed by atoms with Crippen LogP contribution in [0.2, 0.25) is 0 Å². The molecule has 0 aliphatic rings. The number of aromatic nitrogens is 4. The molecule has 0 unspecified atom stereocenters. The maximum atomic E-state index is 12.3. The van der Waals surface area contributed by atoms with Gasteiger partial charge in [0.1, 0.15) is 0 Å². The Morgan fingerprint density at radius 1 is 1.23 bits per heavy atom. The zero-order chi connectivity index (χ0) is 15.6. The minimum atomic E-state index is -3.71. The van der Waals surface area contributed by atoms with Crippen LogP contribution in [0.25, 0.3) is 5.78 Å². The molecule has 3 rings (SSSR count). The zero-order valence-electron chi connectivity index (χ0n) is 12.0. The van der Waals surface area contributed by atoms with Gasteiger partial charge in [0.15, 0.2) is 0 Å². The van der Waals surface area contributed by atoms with Gasteiger partial charge in [-0.25, -0.2) is 22.6 Å². The lowest BCUT2D eigenvalue weighted by Gasteiger charge is -2.05. The summed E-state index contributed by atoms with van der Waals surface area (Å²) < 4.78 is 28.4. The third-order valence-electron chi connectivity index (χ3n) is 3.11. The second kappa shape index (κ2) is 5.72. The highest BCUT2D eigenvalue weighted by Gasteiger charge is 2.17. The number of hydrogen-bond donors (Lipinski definition) is 1. The Morgan fingerprint density at radius 2 is 2.00 bits per heavy atom. The molecule has 0 radical (unpaired) electrons. The van der Waals surface area contributed by atoms with E-state index in [-0.39, 0.29) is 10.8 Å². The molecule has 1 N–H and O–H groups in total. The number of nitrogens with one attached hydrogen (secondary N) is 1. The van der Waals surface area contributed by atoms with Crippen molar-refractivity contribution in [1.82, 2.24) is 19.6 Å². The first kappa shape index (κ1) is 14.5. The Morgan fingerprint density at radius 3 is 2.68 bits per heavy atom. The first-order valence-corrected chi connectivity index (χ1v) is 8.36. The Balaban J connectivity index is 1.86. The van der Waals surface area contributed by atoms with Gasteiger partial charge in [0.2, 0.25) is 0 Å². The molecule has 8 heteroatoms. The number of aryl methyl sites for hydroxylation is 1. The van der Waals surface area contributed by atoms with Gasteiger partial charge < -0.3 is 0 Å². The van der Waals surface area contributed by atoms with Gasteiger partial charge in [-0.3, -0.25) is 0 Å². The highest BCUT2D eigenvalue weighted by atomic mass is 32.2. The third-order valence-corrected chi connectivity index (χ3v) is 4.46. The quantitative estimate of drug-likeness (QED) is 0.776. The summed E-state index contributed by atoms with van der Waals surface area (Å²) in [5, 5.41) is 4.02. The number of hydrogen-bond acceptors (Lipinski definition) is 5. The van der Waals surface area contributed by atoms with Crippen molar-refractivity contribution in [2.45, 2.75) is 24.7 Å². The summed E-state index contributed by atoms with van der Waals surface area (Å²) in [4.78, 5) is 8.19. The zero-order valence-corrected chi connectivity index (χ0v) is 12.8. The Labute approximate surface area is 128 Å². The lowest BCUT2D eigenvalue weighted by molar-refractivity contribution is 0.600. The molecule has 2 heterocycles. The summed E-state index contributed by atoms with van der Waals surface area (Å²) in [6.07, 6.45) is 5.15. The van der Waals surface area contributed by atoms with E-state index >= 15 is 0 Å². The van der Waals surface area contributed by atoms with Crippen LogP contribution in [0.15, 0.2) is 47.6 Å². The van der Waals surface area contributed by atoms with Crippen molar-refractivity contribution in [3.8, 4) is 0 Å². The summed E-state index contributed by atoms with van der Waals surface area (Å²) in [5.74, 6) is 0.329. The number of sulfonamides is 1. The second-order valence-electron chi connectivity index (χ2n) is 4.80. The van der Waals surface area contributed by atoms with Crippen molar-refractivity contribution < 1.29 is 8.42 Å². The molecular formula is C14H15N5O2S. The number of anilines is 1. The smallest absolute Gasteiger partial charge is 0.246 e. The normalized spacial score (nSPS) is 11.7. The van der Waals surface area contributed by atoms with Crippen molar-refractivity contribution in [2.24, 2.45) is 0 Å². The molecule has 0 bridgehead atoms. The van der Waals surface area contributed by atoms with E-state index < -0.39 is 10.0 Å². The van der Waals surface area contributed by atoms with Gasteiger partial charge in [-0.15, -0.1) is 5.10 Å². The number of nitrogens with zero attached hydrogens (tertiary/aromatic N) is 4. The minimum Gasteiger partial charge on any atom is -0.246 e. The van der Waals surface area contributed by atoms with E-state index in [4.69, 9.17) is 0 Å². The molecule has 0 saturated carbocycles. The molecule has 114 valence electrons. The van der Waals surface area contributed by atoms with Crippen LogP contribution in [0.3, 0.4) is 0 Å². The van der Waals surface area contributed by atoms with Gasteiger partial charge in [0, 0.05) is 12.4 Å². The van der Waals surface area contributed by atoms with Gasteiger partial charge in [0.25, 0.3) is 21.7 Å². The Bertz CT molecular complexity index is 854. The topological polar surface area (TPSA) is 89.2 Å². The van der Waals surface area contributed by atoms with Crippen LogP contribution in [0.5, 0.6) is 0 Å². The molecular weight excluding hydrogens is 302 g/mol. The van der Waals surface area contributed by atoms with Crippen LogP contribution in [0.4, 0.5) is 5.95 Å². The molecule has 0 spiro atoms. The van der Waals surface area contributed by atoms with E-state index in [1.165, 1.54) is 4.52 Å². The van der Waals surface area contributed by atoms with Crippen molar-refractivity contribution in [3.63, 3.8) is 0 Å². The van der Waals surface area contributed by atoms with Crippen LogP contribution < -0.4 is 4.72 Å². The predicted octanol–water partition coefficient (Wildman–Crippen LogP) is 1.88. The van der Waals surface area contributed by atoms with Crippen LogP contribution in [0, 0.1) is 0 Å². The Kier molecular flexibility index (Phi) is 3.76. The largest absolute Gasteiger partial charge is 0.264 e. The average molecular weight is 317 g/mol. The van der Waals surface area contributed by atoms with Gasteiger partial charge in [-0.2, -0.15) is 4.98 Å². The van der Waals surface area contributed by atoms with E-state index in [1.54, 1.807) is 30.6 Å². The standard InChI is InChI=1S/C14H15N5O2S/c1-2-4-11-5-7-12(8-6-11)22(20,21)18-13-16-14-15-9-3-10-19(14)17-13/h3,5-10H,2,4H2,1H3,(H,17,18). The SMILES string of the molecule is CCCc1ccc(S(=O)(=O)Nc2nc3ncccn3n2)cc1. The monoisotopic (exact) mass is 317 g/mol. The Hall–Kier alpha value is -2.48.